The fourth-order valence-corrected chi connectivity index (χ4v) is 5.12. The Labute approximate surface area is 194 Å². The van der Waals surface area contributed by atoms with E-state index in [1.807, 2.05) is 35.2 Å². The number of fused-ring (bicyclic) bond motifs is 1. The van der Waals surface area contributed by atoms with E-state index in [4.69, 9.17) is 15.2 Å². The average Bonchev–Trinajstić information content (AvgIpc) is 3.52. The number of carbonyl (C=O) groups is 3. The van der Waals surface area contributed by atoms with Crippen molar-refractivity contribution in [1.29, 1.82) is 0 Å². The highest BCUT2D eigenvalue weighted by atomic mass is 16.6. The van der Waals surface area contributed by atoms with Crippen LogP contribution in [0.2, 0.25) is 0 Å². The number of likely N-dealkylation sites (tertiary alicyclic amines) is 2. The summed E-state index contributed by atoms with van der Waals surface area (Å²) in [6, 6.07) is 9.84. The number of nitrogens with one attached hydrogen (secondary N) is 1. The van der Waals surface area contributed by atoms with Gasteiger partial charge in [0.2, 0.25) is 11.8 Å². The van der Waals surface area contributed by atoms with Gasteiger partial charge < -0.3 is 30.3 Å². The monoisotopic (exact) mass is 458 g/mol. The van der Waals surface area contributed by atoms with E-state index in [1.54, 1.807) is 0 Å². The number of amides is 3. The van der Waals surface area contributed by atoms with Gasteiger partial charge in [-0.25, -0.2) is 4.79 Å². The number of hydrogen-bond donors (Lipinski definition) is 2. The van der Waals surface area contributed by atoms with Gasteiger partial charge in [-0.05, 0) is 23.8 Å². The van der Waals surface area contributed by atoms with E-state index in [2.05, 4.69) is 10.2 Å². The molecule has 0 aromatic heterocycles. The van der Waals surface area contributed by atoms with Gasteiger partial charge >= 0.3 is 6.09 Å². The Morgan fingerprint density at radius 3 is 2.45 bits per heavy atom. The van der Waals surface area contributed by atoms with Gasteiger partial charge in [-0.15, -0.1) is 0 Å². The number of ether oxygens (including phenoxy) is 2. The molecule has 0 bridgehead atoms. The van der Waals surface area contributed by atoms with Crippen LogP contribution in [0.25, 0.3) is 0 Å². The third kappa shape index (κ3) is 6.45. The first-order valence-corrected chi connectivity index (χ1v) is 11.9. The molecular weight excluding hydrogens is 424 g/mol. The summed E-state index contributed by atoms with van der Waals surface area (Å²) in [4.78, 5) is 40.0. The van der Waals surface area contributed by atoms with Crippen molar-refractivity contribution in [2.45, 2.75) is 37.8 Å². The van der Waals surface area contributed by atoms with Gasteiger partial charge in [0.25, 0.3) is 0 Å². The predicted molar refractivity (Wildman–Crippen MR) is 121 cm³/mol. The number of primary amides is 1. The molecule has 33 heavy (non-hydrogen) atoms. The van der Waals surface area contributed by atoms with Crippen LogP contribution in [0, 0.1) is 11.8 Å². The van der Waals surface area contributed by atoms with Crippen LogP contribution in [0.1, 0.15) is 37.3 Å². The molecule has 4 rings (SSSR count). The molecule has 3 aliphatic heterocycles. The van der Waals surface area contributed by atoms with Crippen LogP contribution in [0.4, 0.5) is 4.79 Å². The number of nitrogens with zero attached hydrogens (tertiary/aromatic N) is 2. The summed E-state index contributed by atoms with van der Waals surface area (Å²) in [6.07, 6.45) is 1.26. The molecule has 3 N–H and O–H groups in total. The first-order valence-electron chi connectivity index (χ1n) is 11.9. The second-order valence-electron chi connectivity index (χ2n) is 9.33. The molecule has 9 heteroatoms. The van der Waals surface area contributed by atoms with Crippen LogP contribution < -0.4 is 11.1 Å². The van der Waals surface area contributed by atoms with Crippen molar-refractivity contribution in [3.63, 3.8) is 0 Å². The van der Waals surface area contributed by atoms with Crippen LogP contribution in [0.5, 0.6) is 0 Å². The maximum Gasteiger partial charge on any atom is 0.407 e. The van der Waals surface area contributed by atoms with Crippen molar-refractivity contribution in [2.24, 2.45) is 17.6 Å². The van der Waals surface area contributed by atoms with Crippen LogP contribution in [-0.4, -0.2) is 79.7 Å². The summed E-state index contributed by atoms with van der Waals surface area (Å²) >= 11 is 0. The number of benzene rings is 1. The molecule has 3 heterocycles. The summed E-state index contributed by atoms with van der Waals surface area (Å²) in [5, 5.41) is 3.05. The highest BCUT2D eigenvalue weighted by molar-refractivity contribution is 5.83. The summed E-state index contributed by atoms with van der Waals surface area (Å²) in [7, 11) is 0. The molecule has 180 valence electrons. The van der Waals surface area contributed by atoms with Crippen molar-refractivity contribution in [2.75, 3.05) is 45.9 Å². The SMILES string of the molecule is NC(=O)CCC(=O)N1CC2CN(CCC(NC(=O)OC3CCOC3)c3ccccc3)C[C@H]2C1. The third-order valence-corrected chi connectivity index (χ3v) is 6.89. The Balaban J connectivity index is 1.26. The number of hydrogen-bond acceptors (Lipinski definition) is 6. The van der Waals surface area contributed by atoms with Gasteiger partial charge in [0, 0.05) is 52.0 Å². The number of rotatable bonds is 9. The smallest absolute Gasteiger partial charge is 0.407 e. The molecule has 3 unspecified atom stereocenters. The lowest BCUT2D eigenvalue weighted by atomic mass is 10.0. The van der Waals surface area contributed by atoms with Gasteiger partial charge in [-0.1, -0.05) is 30.3 Å². The summed E-state index contributed by atoms with van der Waals surface area (Å²) in [5.41, 5.74) is 6.22. The molecule has 4 atom stereocenters. The van der Waals surface area contributed by atoms with Crippen LogP contribution in [-0.2, 0) is 19.1 Å². The first kappa shape index (κ1) is 23.5. The van der Waals surface area contributed by atoms with Gasteiger partial charge in [-0.2, -0.15) is 0 Å². The lowest BCUT2D eigenvalue weighted by molar-refractivity contribution is -0.132. The second-order valence-corrected chi connectivity index (χ2v) is 9.33. The van der Waals surface area contributed by atoms with E-state index in [1.165, 1.54) is 0 Å². The predicted octanol–water partition coefficient (Wildman–Crippen LogP) is 1.29. The Morgan fingerprint density at radius 2 is 1.82 bits per heavy atom. The van der Waals surface area contributed by atoms with Crippen molar-refractivity contribution in [3.05, 3.63) is 35.9 Å². The van der Waals surface area contributed by atoms with E-state index in [0.717, 1.165) is 51.1 Å². The zero-order valence-corrected chi connectivity index (χ0v) is 19.0. The van der Waals surface area contributed by atoms with Gasteiger partial charge in [0.05, 0.1) is 19.3 Å². The quantitative estimate of drug-likeness (QED) is 0.576. The van der Waals surface area contributed by atoms with Gasteiger partial charge in [0.15, 0.2) is 0 Å². The zero-order chi connectivity index (χ0) is 23.2. The lowest BCUT2D eigenvalue weighted by Crippen LogP contribution is -2.36. The van der Waals surface area contributed by atoms with Crippen LogP contribution in [0.15, 0.2) is 30.3 Å². The molecule has 3 aliphatic rings. The summed E-state index contributed by atoms with van der Waals surface area (Å²) < 4.78 is 10.8. The summed E-state index contributed by atoms with van der Waals surface area (Å²) in [5.74, 6) is 0.501. The largest absolute Gasteiger partial charge is 0.444 e. The molecule has 0 saturated carbocycles. The molecule has 3 saturated heterocycles. The minimum atomic E-state index is -0.434. The first-order chi connectivity index (χ1) is 16.0. The fourth-order valence-electron chi connectivity index (χ4n) is 5.12. The van der Waals surface area contributed by atoms with Crippen molar-refractivity contribution < 1.29 is 23.9 Å². The number of nitrogens with two attached hydrogens (primary N) is 1. The normalized spacial score (nSPS) is 25.6. The van der Waals surface area contributed by atoms with Crippen LogP contribution >= 0.6 is 0 Å². The molecule has 3 fully saturated rings. The average molecular weight is 459 g/mol. The minimum absolute atomic E-state index is 0.0225. The number of carbonyl (C=O) groups excluding carboxylic acids is 3. The Kier molecular flexibility index (Phi) is 7.82. The highest BCUT2D eigenvalue weighted by Gasteiger charge is 2.41. The Morgan fingerprint density at radius 1 is 1.09 bits per heavy atom. The molecular formula is C24H34N4O5. The minimum Gasteiger partial charge on any atom is -0.444 e. The number of alkyl carbamates (subject to hydrolysis) is 1. The highest BCUT2D eigenvalue weighted by Crippen LogP contribution is 2.32. The molecule has 1 aromatic rings. The van der Waals surface area contributed by atoms with Crippen LogP contribution in [0.3, 0.4) is 0 Å². The second kappa shape index (κ2) is 11.0. The zero-order valence-electron chi connectivity index (χ0n) is 19.0. The fraction of sp³-hybridized carbons (Fsp3) is 0.625. The third-order valence-electron chi connectivity index (χ3n) is 6.89. The molecule has 1 aromatic carbocycles. The molecule has 9 nitrogen and oxygen atoms in total. The summed E-state index contributed by atoms with van der Waals surface area (Å²) in [6.45, 7) is 5.32. The molecule has 0 radical (unpaired) electrons. The van der Waals surface area contributed by atoms with E-state index < -0.39 is 12.0 Å². The van der Waals surface area contributed by atoms with Gasteiger partial charge in [0.1, 0.15) is 6.10 Å². The maximum atomic E-state index is 12.5. The Bertz CT molecular complexity index is 815. The van der Waals surface area contributed by atoms with Crippen molar-refractivity contribution in [3.8, 4) is 0 Å². The van der Waals surface area contributed by atoms with E-state index in [0.29, 0.717) is 25.0 Å². The van der Waals surface area contributed by atoms with E-state index in [9.17, 15) is 14.4 Å². The van der Waals surface area contributed by atoms with Crippen molar-refractivity contribution >= 4 is 17.9 Å². The Hall–Kier alpha value is -2.65. The van der Waals surface area contributed by atoms with E-state index >= 15 is 0 Å². The van der Waals surface area contributed by atoms with Gasteiger partial charge in [-0.3, -0.25) is 9.59 Å². The van der Waals surface area contributed by atoms with E-state index in [-0.39, 0.29) is 30.9 Å². The standard InChI is InChI=1S/C24H34N4O5/c25-22(29)6-7-23(30)28-14-18-12-27(13-19(18)15-28)10-8-21(17-4-2-1-3-5-17)26-24(31)33-20-9-11-32-16-20/h1-5,18-21H,6-16H2,(H2,25,29)(H,26,31)/t18-,19?,20?,21?/m0/s1. The molecule has 0 aliphatic carbocycles. The lowest BCUT2D eigenvalue weighted by Gasteiger charge is -2.25. The molecule has 0 spiro atoms. The van der Waals surface area contributed by atoms with Crippen molar-refractivity contribution in [1.82, 2.24) is 15.1 Å². The molecule has 3 amide bonds. The maximum absolute atomic E-state index is 12.5. The topological polar surface area (TPSA) is 114 Å².